The summed E-state index contributed by atoms with van der Waals surface area (Å²) in [5.41, 5.74) is 0. The Morgan fingerprint density at radius 2 is 1.00 bits per heavy atom. The highest BCUT2D eigenvalue weighted by Crippen LogP contribution is 2.07. The second kappa shape index (κ2) is 10.4. The molecule has 0 aliphatic carbocycles. The minimum Gasteiger partial charge on any atom is -0.381 e. The van der Waals surface area contributed by atoms with E-state index in [1.165, 1.54) is 70.9 Å². The van der Waals surface area contributed by atoms with E-state index in [4.69, 9.17) is 4.74 Å². The summed E-state index contributed by atoms with van der Waals surface area (Å²) >= 11 is 0. The second-order valence-electron chi connectivity index (χ2n) is 4.54. The molecule has 1 aliphatic rings. The van der Waals surface area contributed by atoms with E-state index in [1.54, 1.807) is 0 Å². The quantitative estimate of drug-likeness (QED) is 0.667. The Morgan fingerprint density at radius 3 is 1.73 bits per heavy atom. The lowest BCUT2D eigenvalue weighted by atomic mass is 10.1. The van der Waals surface area contributed by atoms with Gasteiger partial charge in [-0.3, -0.25) is 0 Å². The molecule has 1 fully saturated rings. The van der Waals surface area contributed by atoms with Crippen LogP contribution in [0.1, 0.15) is 57.8 Å². The maximum absolute atomic E-state index is 5.58. The first-order valence-corrected chi connectivity index (χ1v) is 6.78. The molecule has 0 saturated carbocycles. The average molecular weight is 213 g/mol. The van der Waals surface area contributed by atoms with Gasteiger partial charge in [0.05, 0.1) is 0 Å². The molecule has 0 aromatic carbocycles. The van der Waals surface area contributed by atoms with Crippen LogP contribution in [0.25, 0.3) is 0 Å². The number of hydrogen-bond acceptors (Lipinski definition) is 2. The van der Waals surface area contributed by atoms with Crippen molar-refractivity contribution in [1.29, 1.82) is 0 Å². The first-order chi connectivity index (χ1) is 7.50. The van der Waals surface area contributed by atoms with Crippen LogP contribution in [0.4, 0.5) is 0 Å². The third-order valence-electron chi connectivity index (χ3n) is 3.03. The molecular formula is C13H27NO. The zero-order valence-electron chi connectivity index (χ0n) is 10.1. The molecule has 0 aromatic heterocycles. The van der Waals surface area contributed by atoms with Gasteiger partial charge in [0.1, 0.15) is 0 Å². The molecule has 1 N–H and O–H groups in total. The molecule has 0 amide bonds. The maximum Gasteiger partial charge on any atom is 0.0466 e. The molecule has 2 heteroatoms. The smallest absolute Gasteiger partial charge is 0.0466 e. The summed E-state index contributed by atoms with van der Waals surface area (Å²) in [7, 11) is 0. The van der Waals surface area contributed by atoms with Crippen LogP contribution < -0.4 is 5.32 Å². The van der Waals surface area contributed by atoms with Crippen molar-refractivity contribution in [3.63, 3.8) is 0 Å². The topological polar surface area (TPSA) is 21.3 Å². The van der Waals surface area contributed by atoms with Crippen LogP contribution in [0.15, 0.2) is 0 Å². The van der Waals surface area contributed by atoms with E-state index in [0.29, 0.717) is 0 Å². The van der Waals surface area contributed by atoms with Gasteiger partial charge in [0.2, 0.25) is 0 Å². The fourth-order valence-electron chi connectivity index (χ4n) is 2.02. The lowest BCUT2D eigenvalue weighted by molar-refractivity contribution is 0.126. The molecule has 0 spiro atoms. The first kappa shape index (κ1) is 13.0. The number of ether oxygens (including phenoxy) is 1. The van der Waals surface area contributed by atoms with Crippen molar-refractivity contribution in [3.05, 3.63) is 0 Å². The van der Waals surface area contributed by atoms with E-state index in [0.717, 1.165) is 13.2 Å². The summed E-state index contributed by atoms with van der Waals surface area (Å²) in [6.45, 7) is 4.32. The Morgan fingerprint density at radius 1 is 0.533 bits per heavy atom. The average Bonchev–Trinajstić information content (AvgIpc) is 2.27. The largest absolute Gasteiger partial charge is 0.381 e. The molecule has 1 saturated heterocycles. The van der Waals surface area contributed by atoms with Crippen LogP contribution in [0.5, 0.6) is 0 Å². The lowest BCUT2D eigenvalue weighted by Crippen LogP contribution is -2.17. The number of hydrogen-bond donors (Lipinski definition) is 1. The van der Waals surface area contributed by atoms with E-state index in [1.807, 2.05) is 0 Å². The van der Waals surface area contributed by atoms with E-state index in [-0.39, 0.29) is 0 Å². The molecule has 0 bridgehead atoms. The van der Waals surface area contributed by atoms with Crippen LogP contribution >= 0.6 is 0 Å². The van der Waals surface area contributed by atoms with Gasteiger partial charge in [-0.1, -0.05) is 32.1 Å². The molecule has 15 heavy (non-hydrogen) atoms. The molecule has 1 aliphatic heterocycles. The zero-order chi connectivity index (χ0) is 10.6. The predicted octanol–water partition coefficient (Wildman–Crippen LogP) is 3.12. The molecule has 2 nitrogen and oxygen atoms in total. The van der Waals surface area contributed by atoms with Crippen LogP contribution in [-0.2, 0) is 4.74 Å². The monoisotopic (exact) mass is 213 g/mol. The van der Waals surface area contributed by atoms with Gasteiger partial charge in [-0.2, -0.15) is 0 Å². The Bertz CT molecular complexity index is 69.1. The van der Waals surface area contributed by atoms with Gasteiger partial charge in [-0.15, -0.1) is 0 Å². The highest BCUT2D eigenvalue weighted by Gasteiger charge is 1.95. The molecule has 0 aromatic rings. The molecule has 1 heterocycles. The van der Waals surface area contributed by atoms with Crippen molar-refractivity contribution in [2.75, 3.05) is 26.3 Å². The van der Waals surface area contributed by atoms with Gasteiger partial charge in [0.15, 0.2) is 0 Å². The minimum atomic E-state index is 0.960. The SMILES string of the molecule is C1CCCCNCCCCOCCCC1. The maximum atomic E-state index is 5.58. The molecule has 0 atom stereocenters. The standard InChI is InChI=1S/C13H27NO/c1-2-4-6-10-14-11-7-9-13-15-12-8-5-3-1/h14H,1-13H2. The molecule has 90 valence electrons. The van der Waals surface area contributed by atoms with Gasteiger partial charge < -0.3 is 10.1 Å². The van der Waals surface area contributed by atoms with Crippen molar-refractivity contribution in [3.8, 4) is 0 Å². The van der Waals surface area contributed by atoms with Gasteiger partial charge in [0, 0.05) is 13.2 Å². The third kappa shape index (κ3) is 8.88. The fraction of sp³-hybridized carbons (Fsp3) is 1.00. The van der Waals surface area contributed by atoms with Gasteiger partial charge in [-0.25, -0.2) is 0 Å². The Kier molecular flexibility index (Phi) is 9.04. The van der Waals surface area contributed by atoms with Gasteiger partial charge in [-0.05, 0) is 38.8 Å². The Labute approximate surface area is 94.8 Å². The number of nitrogens with one attached hydrogen (secondary N) is 1. The summed E-state index contributed by atoms with van der Waals surface area (Å²) in [6.07, 6.45) is 12.1. The highest BCUT2D eigenvalue weighted by molar-refractivity contribution is 4.52. The van der Waals surface area contributed by atoms with Crippen molar-refractivity contribution in [2.24, 2.45) is 0 Å². The molecule has 0 radical (unpaired) electrons. The van der Waals surface area contributed by atoms with Crippen LogP contribution in [0.2, 0.25) is 0 Å². The van der Waals surface area contributed by atoms with Crippen molar-refractivity contribution in [2.45, 2.75) is 57.8 Å². The fourth-order valence-corrected chi connectivity index (χ4v) is 2.02. The van der Waals surface area contributed by atoms with Gasteiger partial charge in [0.25, 0.3) is 0 Å². The first-order valence-electron chi connectivity index (χ1n) is 6.78. The summed E-state index contributed by atoms with van der Waals surface area (Å²) < 4.78 is 5.58. The van der Waals surface area contributed by atoms with Crippen molar-refractivity contribution in [1.82, 2.24) is 5.32 Å². The van der Waals surface area contributed by atoms with E-state index < -0.39 is 0 Å². The predicted molar refractivity (Wildman–Crippen MR) is 65.2 cm³/mol. The minimum absolute atomic E-state index is 0.960. The van der Waals surface area contributed by atoms with Crippen LogP contribution in [0, 0.1) is 0 Å². The highest BCUT2D eigenvalue weighted by atomic mass is 16.5. The Balaban J connectivity index is 2.01. The molecule has 1 rings (SSSR count). The molecular weight excluding hydrogens is 186 g/mol. The third-order valence-corrected chi connectivity index (χ3v) is 3.03. The van der Waals surface area contributed by atoms with Crippen molar-refractivity contribution >= 4 is 0 Å². The number of rotatable bonds is 0. The van der Waals surface area contributed by atoms with Crippen LogP contribution in [0.3, 0.4) is 0 Å². The summed E-state index contributed by atoms with van der Waals surface area (Å²) in [5.74, 6) is 0. The van der Waals surface area contributed by atoms with Gasteiger partial charge >= 0.3 is 0 Å². The Hall–Kier alpha value is -0.0800. The lowest BCUT2D eigenvalue weighted by Gasteiger charge is -2.04. The van der Waals surface area contributed by atoms with E-state index >= 15 is 0 Å². The summed E-state index contributed by atoms with van der Waals surface area (Å²) in [4.78, 5) is 0. The second-order valence-corrected chi connectivity index (χ2v) is 4.54. The normalized spacial score (nSPS) is 24.0. The summed E-state index contributed by atoms with van der Waals surface area (Å²) in [5, 5.41) is 3.50. The zero-order valence-corrected chi connectivity index (χ0v) is 10.1. The molecule has 0 unspecified atom stereocenters. The van der Waals surface area contributed by atoms with E-state index in [9.17, 15) is 0 Å². The van der Waals surface area contributed by atoms with Crippen LogP contribution in [-0.4, -0.2) is 26.3 Å². The van der Waals surface area contributed by atoms with E-state index in [2.05, 4.69) is 5.32 Å². The summed E-state index contributed by atoms with van der Waals surface area (Å²) in [6, 6.07) is 0. The van der Waals surface area contributed by atoms with Crippen molar-refractivity contribution < 1.29 is 4.74 Å².